The number of esters is 1. The quantitative estimate of drug-likeness (QED) is 0.260. The van der Waals surface area contributed by atoms with E-state index in [9.17, 15) is 22.8 Å². The summed E-state index contributed by atoms with van der Waals surface area (Å²) in [6, 6.07) is 14.0. The third kappa shape index (κ3) is 7.00. The van der Waals surface area contributed by atoms with Gasteiger partial charge in [0.05, 0.1) is 41.7 Å². The number of rotatable bonds is 10. The predicted octanol–water partition coefficient (Wildman–Crippen LogP) is 6.45. The zero-order valence-corrected chi connectivity index (χ0v) is 21.6. The molecular formula is C28H31F3N2O5. The minimum atomic E-state index is -4.68. The fourth-order valence-corrected chi connectivity index (χ4v) is 4.10. The summed E-state index contributed by atoms with van der Waals surface area (Å²) in [4.78, 5) is 26.4. The number of allylic oxidation sites excluding steroid dienone is 1. The Kier molecular flexibility index (Phi) is 10.1. The van der Waals surface area contributed by atoms with Crippen molar-refractivity contribution in [2.75, 3.05) is 19.8 Å². The van der Waals surface area contributed by atoms with Crippen molar-refractivity contribution in [2.45, 2.75) is 52.3 Å². The van der Waals surface area contributed by atoms with E-state index in [1.807, 2.05) is 6.07 Å². The van der Waals surface area contributed by atoms with Crippen LogP contribution in [0.15, 0.2) is 71.0 Å². The van der Waals surface area contributed by atoms with Crippen molar-refractivity contribution in [1.82, 2.24) is 5.01 Å². The van der Waals surface area contributed by atoms with Gasteiger partial charge in [-0.3, -0.25) is 0 Å². The molecular weight excluding hydrogens is 501 g/mol. The summed E-state index contributed by atoms with van der Waals surface area (Å²) in [6.07, 6.45) is -4.97. The van der Waals surface area contributed by atoms with Crippen molar-refractivity contribution in [3.05, 3.63) is 82.6 Å². The molecule has 1 aliphatic heterocycles. The number of ether oxygens (including phenoxy) is 3. The van der Waals surface area contributed by atoms with E-state index in [0.717, 1.165) is 16.6 Å². The summed E-state index contributed by atoms with van der Waals surface area (Å²) in [6.45, 7) is 5.54. The maximum atomic E-state index is 14.1. The molecule has 0 saturated heterocycles. The van der Waals surface area contributed by atoms with Crippen LogP contribution in [0.4, 0.5) is 18.0 Å². The Hall–Kier alpha value is -3.66. The van der Waals surface area contributed by atoms with Crippen LogP contribution in [0.25, 0.3) is 0 Å². The molecule has 0 saturated carbocycles. The molecule has 0 fully saturated rings. The van der Waals surface area contributed by atoms with Gasteiger partial charge >= 0.3 is 18.2 Å². The van der Waals surface area contributed by atoms with Gasteiger partial charge < -0.3 is 14.2 Å². The second-order valence-electron chi connectivity index (χ2n) is 8.54. The van der Waals surface area contributed by atoms with E-state index in [4.69, 9.17) is 14.2 Å². The van der Waals surface area contributed by atoms with E-state index in [1.54, 1.807) is 38.1 Å². The van der Waals surface area contributed by atoms with Crippen LogP contribution in [0.3, 0.4) is 0 Å². The maximum absolute atomic E-state index is 14.1. The first-order chi connectivity index (χ1) is 18.2. The summed E-state index contributed by atoms with van der Waals surface area (Å²) >= 11 is 0. The summed E-state index contributed by atoms with van der Waals surface area (Å²) in [7, 11) is 0. The number of carbonyl (C=O) groups is 2. The Morgan fingerprint density at radius 1 is 0.974 bits per heavy atom. The first-order valence-corrected chi connectivity index (χ1v) is 12.4. The van der Waals surface area contributed by atoms with Crippen LogP contribution in [0.5, 0.6) is 0 Å². The van der Waals surface area contributed by atoms with Gasteiger partial charge in [0.25, 0.3) is 0 Å². The van der Waals surface area contributed by atoms with Crippen molar-refractivity contribution >= 4 is 17.8 Å². The molecule has 2 aromatic carbocycles. The number of alkyl halides is 3. The van der Waals surface area contributed by atoms with Crippen molar-refractivity contribution in [3.63, 3.8) is 0 Å². The van der Waals surface area contributed by atoms with Gasteiger partial charge in [-0.2, -0.15) is 23.3 Å². The predicted molar refractivity (Wildman–Crippen MR) is 135 cm³/mol. The second kappa shape index (κ2) is 13.2. The van der Waals surface area contributed by atoms with Gasteiger partial charge in [0, 0.05) is 13.0 Å². The molecule has 0 spiro atoms. The van der Waals surface area contributed by atoms with E-state index in [-0.39, 0.29) is 48.8 Å². The molecule has 0 aliphatic carbocycles. The van der Waals surface area contributed by atoms with E-state index >= 15 is 0 Å². The Labute approximate surface area is 219 Å². The highest BCUT2D eigenvalue weighted by Gasteiger charge is 2.43. The number of benzene rings is 2. The molecule has 204 valence electrons. The highest BCUT2D eigenvalue weighted by molar-refractivity contribution is 6.06. The Morgan fingerprint density at radius 2 is 1.66 bits per heavy atom. The zero-order valence-electron chi connectivity index (χ0n) is 21.6. The molecule has 1 atom stereocenters. The average Bonchev–Trinajstić information content (AvgIpc) is 2.91. The van der Waals surface area contributed by atoms with Crippen LogP contribution in [0.1, 0.15) is 56.2 Å². The molecule has 0 N–H and O–H groups in total. The lowest BCUT2D eigenvalue weighted by Gasteiger charge is -2.33. The van der Waals surface area contributed by atoms with E-state index in [0.29, 0.717) is 13.0 Å². The maximum Gasteiger partial charge on any atom is 0.435 e. The van der Waals surface area contributed by atoms with Crippen LogP contribution in [-0.2, 0) is 31.8 Å². The SMILES string of the molecule is CCCOC(=O)C1=C(C)N(C(=O)OCc2ccccc2)N=C(CCOCC)C1c1ccccc1C(F)(F)F. The lowest BCUT2D eigenvalue weighted by Crippen LogP contribution is -2.37. The Morgan fingerprint density at radius 3 is 2.32 bits per heavy atom. The molecule has 2 aromatic rings. The number of hydrogen-bond donors (Lipinski definition) is 0. The topological polar surface area (TPSA) is 77.4 Å². The summed E-state index contributed by atoms with van der Waals surface area (Å²) in [5.74, 6) is -2.02. The molecule has 1 amide bonds. The highest BCUT2D eigenvalue weighted by Crippen LogP contribution is 2.42. The molecule has 0 radical (unpaired) electrons. The average molecular weight is 533 g/mol. The van der Waals surface area contributed by atoms with Crippen LogP contribution in [-0.4, -0.2) is 42.6 Å². The largest absolute Gasteiger partial charge is 0.462 e. The van der Waals surface area contributed by atoms with Crippen molar-refractivity contribution in [3.8, 4) is 0 Å². The Balaban J connectivity index is 2.10. The van der Waals surface area contributed by atoms with Gasteiger partial charge in [0.1, 0.15) is 6.61 Å². The van der Waals surface area contributed by atoms with E-state index in [2.05, 4.69) is 5.10 Å². The molecule has 10 heteroatoms. The minimum absolute atomic E-state index is 0.0336. The van der Waals surface area contributed by atoms with Gasteiger partial charge in [0.15, 0.2) is 0 Å². The normalized spacial score (nSPS) is 15.8. The smallest absolute Gasteiger partial charge is 0.435 e. The molecule has 3 rings (SSSR count). The van der Waals surface area contributed by atoms with Crippen molar-refractivity contribution in [1.29, 1.82) is 0 Å². The summed E-state index contributed by atoms with van der Waals surface area (Å²) < 4.78 is 58.4. The monoisotopic (exact) mass is 532 g/mol. The number of hydrogen-bond acceptors (Lipinski definition) is 6. The van der Waals surface area contributed by atoms with Gasteiger partial charge in [-0.1, -0.05) is 55.5 Å². The van der Waals surface area contributed by atoms with Gasteiger partial charge in [-0.15, -0.1) is 0 Å². The molecule has 1 aliphatic rings. The number of hydrazone groups is 1. The van der Waals surface area contributed by atoms with Crippen LogP contribution in [0.2, 0.25) is 0 Å². The van der Waals surface area contributed by atoms with Crippen molar-refractivity contribution < 1.29 is 37.0 Å². The third-order valence-electron chi connectivity index (χ3n) is 5.88. The molecule has 38 heavy (non-hydrogen) atoms. The lowest BCUT2D eigenvalue weighted by molar-refractivity contribution is -0.141. The molecule has 1 heterocycles. The molecule has 1 unspecified atom stereocenters. The molecule has 0 aromatic heterocycles. The lowest BCUT2D eigenvalue weighted by atomic mass is 9.81. The second-order valence-corrected chi connectivity index (χ2v) is 8.54. The molecule has 0 bridgehead atoms. The van der Waals surface area contributed by atoms with Gasteiger partial charge in [-0.25, -0.2) is 9.59 Å². The van der Waals surface area contributed by atoms with Gasteiger partial charge in [0.2, 0.25) is 0 Å². The zero-order chi connectivity index (χ0) is 27.7. The number of carbonyl (C=O) groups excluding carboxylic acids is 2. The summed E-state index contributed by atoms with van der Waals surface area (Å²) in [5.41, 5.74) is -0.238. The first-order valence-electron chi connectivity index (χ1n) is 12.4. The van der Waals surface area contributed by atoms with E-state index in [1.165, 1.54) is 25.1 Å². The summed E-state index contributed by atoms with van der Waals surface area (Å²) in [5, 5.41) is 5.32. The molecule has 7 nitrogen and oxygen atoms in total. The van der Waals surface area contributed by atoms with E-state index < -0.39 is 29.7 Å². The number of nitrogens with zero attached hydrogens (tertiary/aromatic N) is 2. The minimum Gasteiger partial charge on any atom is -0.462 e. The fourth-order valence-electron chi connectivity index (χ4n) is 4.10. The number of amides is 1. The van der Waals surface area contributed by atoms with Gasteiger partial charge in [-0.05, 0) is 37.5 Å². The standard InChI is InChI=1S/C28H31F3N2O5/c1-4-16-37-26(34)24-19(3)33(27(35)38-18-20-11-7-6-8-12-20)32-23(15-17-36-5-2)25(24)21-13-9-10-14-22(21)28(29,30)31/h6-14,25H,4-5,15-18H2,1-3H3. The van der Waals surface area contributed by atoms with Crippen LogP contribution >= 0.6 is 0 Å². The van der Waals surface area contributed by atoms with Crippen LogP contribution < -0.4 is 0 Å². The third-order valence-corrected chi connectivity index (χ3v) is 5.88. The number of halogens is 3. The van der Waals surface area contributed by atoms with Crippen molar-refractivity contribution in [2.24, 2.45) is 5.10 Å². The fraction of sp³-hybridized carbons (Fsp3) is 0.393. The first kappa shape index (κ1) is 28.9. The van der Waals surface area contributed by atoms with Crippen LogP contribution in [0, 0.1) is 0 Å². The highest BCUT2D eigenvalue weighted by atomic mass is 19.4. The Bertz CT molecular complexity index is 1180.